The molecule has 2 saturated heterocycles. The Bertz CT molecular complexity index is 623. The zero-order valence-corrected chi connectivity index (χ0v) is 10.9. The number of nitrogens with one attached hydrogen (secondary N) is 1. The molecule has 0 radical (unpaired) electrons. The van der Waals surface area contributed by atoms with Gasteiger partial charge in [-0.1, -0.05) is 0 Å². The third-order valence-corrected chi connectivity index (χ3v) is 3.88. The molecule has 2 aliphatic heterocycles. The van der Waals surface area contributed by atoms with E-state index in [1.807, 2.05) is 0 Å². The molecule has 2 fully saturated rings. The molecule has 5 atom stereocenters. The number of ether oxygens (including phenoxy) is 2. The van der Waals surface area contributed by atoms with E-state index in [9.17, 15) is 14.7 Å². The molecule has 2 aliphatic rings. The molecule has 0 amide bonds. The van der Waals surface area contributed by atoms with Crippen molar-refractivity contribution in [3.63, 3.8) is 0 Å². The van der Waals surface area contributed by atoms with Crippen molar-refractivity contribution < 1.29 is 19.7 Å². The van der Waals surface area contributed by atoms with Crippen molar-refractivity contribution in [1.29, 1.82) is 0 Å². The summed E-state index contributed by atoms with van der Waals surface area (Å²) in [6.07, 6.45) is -1.39. The van der Waals surface area contributed by atoms with Gasteiger partial charge in [0, 0.05) is 11.8 Å². The van der Waals surface area contributed by atoms with Crippen LogP contribution in [0.25, 0.3) is 0 Å². The SMILES string of the molecule is Cc1cn([C@@H]2C3CO[C@H]2C(O)[C@@H](CO)O3)c(=O)[nH]c1=O. The Morgan fingerprint density at radius 1 is 1.50 bits per heavy atom. The molecule has 0 saturated carbocycles. The number of H-pyrrole nitrogens is 1. The quantitative estimate of drug-likeness (QED) is 0.573. The maximum atomic E-state index is 11.9. The minimum absolute atomic E-state index is 0.230. The topological polar surface area (TPSA) is 114 Å². The third kappa shape index (κ3) is 1.92. The number of aliphatic hydroxyl groups is 2. The molecule has 1 aromatic heterocycles. The number of aliphatic hydroxyl groups excluding tert-OH is 2. The zero-order chi connectivity index (χ0) is 14.4. The van der Waals surface area contributed by atoms with Gasteiger partial charge in [0.15, 0.2) is 0 Å². The highest BCUT2D eigenvalue weighted by Crippen LogP contribution is 2.36. The Morgan fingerprint density at radius 2 is 2.25 bits per heavy atom. The number of nitrogens with zero attached hydrogens (tertiary/aromatic N) is 1. The van der Waals surface area contributed by atoms with Crippen LogP contribution in [0.15, 0.2) is 15.8 Å². The van der Waals surface area contributed by atoms with Crippen molar-refractivity contribution in [3.8, 4) is 0 Å². The van der Waals surface area contributed by atoms with Gasteiger partial charge in [-0.05, 0) is 6.92 Å². The Hall–Kier alpha value is -1.48. The summed E-state index contributed by atoms with van der Waals surface area (Å²) < 4.78 is 12.4. The standard InChI is InChI=1S/C12H16N2O6/c1-5-2-14(12(18)13-11(5)17)8-7-4-19-10(8)9(16)6(3-15)20-7/h2,6-10,15-16H,3-4H2,1H3,(H,13,17,18)/t6-,7?,8-,9?,10-/m1/s1. The van der Waals surface area contributed by atoms with Crippen LogP contribution < -0.4 is 11.2 Å². The van der Waals surface area contributed by atoms with Crippen molar-refractivity contribution in [2.75, 3.05) is 13.2 Å². The van der Waals surface area contributed by atoms with Gasteiger partial charge in [0.1, 0.15) is 24.4 Å². The van der Waals surface area contributed by atoms with E-state index in [-0.39, 0.29) is 13.2 Å². The number of aryl methyl sites for hydroxylation is 1. The molecule has 3 N–H and O–H groups in total. The van der Waals surface area contributed by atoms with E-state index in [0.717, 1.165) is 0 Å². The van der Waals surface area contributed by atoms with E-state index in [2.05, 4.69) is 4.98 Å². The van der Waals surface area contributed by atoms with E-state index >= 15 is 0 Å². The molecule has 8 heteroatoms. The number of aromatic nitrogens is 2. The average Bonchev–Trinajstić information content (AvgIpc) is 2.75. The smallest absolute Gasteiger partial charge is 0.328 e. The first-order valence-corrected chi connectivity index (χ1v) is 6.41. The summed E-state index contributed by atoms with van der Waals surface area (Å²) in [4.78, 5) is 25.6. The fourth-order valence-corrected chi connectivity index (χ4v) is 2.85. The van der Waals surface area contributed by atoms with Crippen LogP contribution in [0.1, 0.15) is 11.6 Å². The molecular formula is C12H16N2O6. The van der Waals surface area contributed by atoms with Crippen LogP contribution in [0.3, 0.4) is 0 Å². The van der Waals surface area contributed by atoms with Crippen LogP contribution in [0, 0.1) is 6.92 Å². The lowest BCUT2D eigenvalue weighted by atomic mass is 9.95. The fourth-order valence-electron chi connectivity index (χ4n) is 2.85. The van der Waals surface area contributed by atoms with Gasteiger partial charge in [-0.15, -0.1) is 0 Å². The maximum absolute atomic E-state index is 11.9. The molecule has 3 rings (SSSR count). The average molecular weight is 284 g/mol. The molecule has 2 unspecified atom stereocenters. The van der Waals surface area contributed by atoms with Crippen LogP contribution >= 0.6 is 0 Å². The second-order valence-corrected chi connectivity index (χ2v) is 5.15. The Labute approximate surface area is 113 Å². The minimum atomic E-state index is -1.03. The first kappa shape index (κ1) is 13.5. The first-order chi connectivity index (χ1) is 9.52. The summed E-state index contributed by atoms with van der Waals surface area (Å²) in [5.74, 6) is 0. The van der Waals surface area contributed by atoms with Gasteiger partial charge in [0.05, 0.1) is 19.3 Å². The van der Waals surface area contributed by atoms with E-state index in [4.69, 9.17) is 14.6 Å². The predicted molar refractivity (Wildman–Crippen MR) is 66.6 cm³/mol. The Kier molecular flexibility index (Phi) is 3.25. The molecule has 2 bridgehead atoms. The zero-order valence-electron chi connectivity index (χ0n) is 10.9. The van der Waals surface area contributed by atoms with Crippen LogP contribution in [0.2, 0.25) is 0 Å². The summed E-state index contributed by atoms with van der Waals surface area (Å²) in [6, 6.07) is -0.518. The molecule has 8 nitrogen and oxygen atoms in total. The van der Waals surface area contributed by atoms with Gasteiger partial charge >= 0.3 is 5.69 Å². The second-order valence-electron chi connectivity index (χ2n) is 5.15. The highest BCUT2D eigenvalue weighted by Gasteiger charge is 2.51. The summed E-state index contributed by atoms with van der Waals surface area (Å²) in [7, 11) is 0. The number of hydrogen-bond donors (Lipinski definition) is 3. The lowest BCUT2D eigenvalue weighted by Gasteiger charge is -2.37. The van der Waals surface area contributed by atoms with Gasteiger partial charge < -0.3 is 19.7 Å². The molecule has 20 heavy (non-hydrogen) atoms. The van der Waals surface area contributed by atoms with Crippen LogP contribution in [-0.4, -0.2) is 57.4 Å². The molecule has 3 heterocycles. The normalized spacial score (nSPS) is 36.2. The Balaban J connectivity index is 2.02. The van der Waals surface area contributed by atoms with Crippen molar-refractivity contribution >= 4 is 0 Å². The van der Waals surface area contributed by atoms with Gasteiger partial charge in [-0.2, -0.15) is 0 Å². The molecule has 0 aliphatic carbocycles. The summed E-state index contributed by atoms with van der Waals surface area (Å²) in [5, 5.41) is 19.3. The molecule has 0 aromatic carbocycles. The van der Waals surface area contributed by atoms with Crippen LogP contribution in [-0.2, 0) is 9.47 Å². The highest BCUT2D eigenvalue weighted by atomic mass is 16.6. The summed E-state index contributed by atoms with van der Waals surface area (Å²) in [5.41, 5.74) is -0.614. The van der Waals surface area contributed by atoms with Crippen LogP contribution in [0.5, 0.6) is 0 Å². The largest absolute Gasteiger partial charge is 0.394 e. The molecule has 1 aromatic rings. The lowest BCUT2D eigenvalue weighted by Crippen LogP contribution is -2.54. The fraction of sp³-hybridized carbons (Fsp3) is 0.667. The van der Waals surface area contributed by atoms with E-state index in [0.29, 0.717) is 5.56 Å². The van der Waals surface area contributed by atoms with E-state index in [1.165, 1.54) is 10.8 Å². The van der Waals surface area contributed by atoms with E-state index in [1.54, 1.807) is 6.92 Å². The van der Waals surface area contributed by atoms with Crippen LogP contribution in [0.4, 0.5) is 0 Å². The number of rotatable bonds is 2. The summed E-state index contributed by atoms with van der Waals surface area (Å²) in [6.45, 7) is 1.51. The van der Waals surface area contributed by atoms with Crippen molar-refractivity contribution in [3.05, 3.63) is 32.6 Å². The van der Waals surface area contributed by atoms with Crippen molar-refractivity contribution in [1.82, 2.24) is 9.55 Å². The second kappa shape index (κ2) is 4.81. The van der Waals surface area contributed by atoms with Crippen molar-refractivity contribution in [2.45, 2.75) is 37.4 Å². The molecule has 0 spiro atoms. The highest BCUT2D eigenvalue weighted by molar-refractivity contribution is 5.07. The van der Waals surface area contributed by atoms with E-state index < -0.39 is 41.7 Å². The predicted octanol–water partition coefficient (Wildman–Crippen LogP) is -2.09. The van der Waals surface area contributed by atoms with Gasteiger partial charge in [-0.3, -0.25) is 14.3 Å². The Morgan fingerprint density at radius 3 is 2.95 bits per heavy atom. The molecular weight excluding hydrogens is 268 g/mol. The molecule has 110 valence electrons. The number of aromatic amines is 1. The first-order valence-electron chi connectivity index (χ1n) is 6.41. The minimum Gasteiger partial charge on any atom is -0.394 e. The lowest BCUT2D eigenvalue weighted by molar-refractivity contribution is -0.153. The van der Waals surface area contributed by atoms with Crippen molar-refractivity contribution in [2.24, 2.45) is 0 Å². The van der Waals surface area contributed by atoms with Gasteiger partial charge in [0.25, 0.3) is 5.56 Å². The maximum Gasteiger partial charge on any atom is 0.328 e. The third-order valence-electron chi connectivity index (χ3n) is 3.88. The monoisotopic (exact) mass is 284 g/mol. The number of hydrogen-bond acceptors (Lipinski definition) is 6. The summed E-state index contributed by atoms with van der Waals surface area (Å²) >= 11 is 0. The van der Waals surface area contributed by atoms with Gasteiger partial charge in [-0.25, -0.2) is 4.79 Å². The van der Waals surface area contributed by atoms with Gasteiger partial charge in [0.2, 0.25) is 0 Å². The number of fused-ring (bicyclic) bond motifs is 2.